The number of carbonyl (C=O) groups is 2. The van der Waals surface area contributed by atoms with Crippen molar-refractivity contribution in [2.45, 2.75) is 26.1 Å². The van der Waals surface area contributed by atoms with Crippen LogP contribution in [0.25, 0.3) is 0 Å². The summed E-state index contributed by atoms with van der Waals surface area (Å²) in [6.45, 7) is 2.55. The SMILES string of the molecule is COC(=O)C1=C(C)N(Cc2ccccc2)C(=O)N[C@H]1c1cccc(OCc2ccccc2)c1. The smallest absolute Gasteiger partial charge is 0.337 e. The molecule has 1 aliphatic heterocycles. The van der Waals surface area contributed by atoms with E-state index in [9.17, 15) is 9.59 Å². The van der Waals surface area contributed by atoms with Crippen molar-refractivity contribution < 1.29 is 19.1 Å². The van der Waals surface area contributed by atoms with Crippen LogP contribution in [0.2, 0.25) is 0 Å². The number of esters is 1. The molecule has 4 rings (SSSR count). The zero-order valence-corrected chi connectivity index (χ0v) is 18.7. The van der Waals surface area contributed by atoms with E-state index in [1.807, 2.05) is 84.9 Å². The predicted octanol–water partition coefficient (Wildman–Crippen LogP) is 4.98. The van der Waals surface area contributed by atoms with Gasteiger partial charge in [-0.25, -0.2) is 9.59 Å². The zero-order valence-electron chi connectivity index (χ0n) is 18.7. The number of ether oxygens (including phenoxy) is 2. The molecule has 0 spiro atoms. The van der Waals surface area contributed by atoms with E-state index < -0.39 is 12.0 Å². The average Bonchev–Trinajstić information content (AvgIpc) is 2.86. The third-order valence-corrected chi connectivity index (χ3v) is 5.62. The van der Waals surface area contributed by atoms with Crippen LogP contribution in [0.15, 0.2) is 96.2 Å². The molecule has 0 unspecified atom stereocenters. The number of hydrogen-bond acceptors (Lipinski definition) is 4. The summed E-state index contributed by atoms with van der Waals surface area (Å²) in [5, 5.41) is 2.97. The fraction of sp³-hybridized carbons (Fsp3) is 0.185. The molecule has 0 radical (unpaired) electrons. The van der Waals surface area contributed by atoms with E-state index in [0.29, 0.717) is 30.2 Å². The summed E-state index contributed by atoms with van der Waals surface area (Å²) >= 11 is 0. The second kappa shape index (κ2) is 10.0. The monoisotopic (exact) mass is 442 g/mol. The minimum Gasteiger partial charge on any atom is -0.489 e. The Kier molecular flexibility index (Phi) is 6.74. The second-order valence-electron chi connectivity index (χ2n) is 7.79. The molecule has 6 nitrogen and oxygen atoms in total. The van der Waals surface area contributed by atoms with Crippen molar-refractivity contribution in [3.63, 3.8) is 0 Å². The topological polar surface area (TPSA) is 67.9 Å². The van der Waals surface area contributed by atoms with Crippen molar-refractivity contribution in [3.8, 4) is 5.75 Å². The first kappa shape index (κ1) is 22.1. The highest BCUT2D eigenvalue weighted by molar-refractivity contribution is 5.95. The first-order valence-corrected chi connectivity index (χ1v) is 10.7. The molecular formula is C27H26N2O4. The molecule has 3 aromatic rings. The number of carbonyl (C=O) groups excluding carboxylic acids is 2. The van der Waals surface area contributed by atoms with Gasteiger partial charge in [0.25, 0.3) is 0 Å². The quantitative estimate of drug-likeness (QED) is 0.524. The van der Waals surface area contributed by atoms with Gasteiger partial charge in [0.15, 0.2) is 0 Å². The lowest BCUT2D eigenvalue weighted by molar-refractivity contribution is -0.136. The standard InChI is InChI=1S/C27H26N2O4/c1-19-24(26(30)32-2)25(28-27(31)29(19)17-20-10-5-3-6-11-20)22-14-9-15-23(16-22)33-18-21-12-7-4-8-13-21/h3-16,25H,17-18H2,1-2H3,(H,28,31)/t25-/m0/s1. The van der Waals surface area contributed by atoms with E-state index in [0.717, 1.165) is 16.7 Å². The van der Waals surface area contributed by atoms with Crippen LogP contribution in [0, 0.1) is 0 Å². The molecule has 0 saturated carbocycles. The maximum absolute atomic E-state index is 13.0. The zero-order chi connectivity index (χ0) is 23.2. The molecule has 1 atom stereocenters. The van der Waals surface area contributed by atoms with E-state index in [4.69, 9.17) is 9.47 Å². The molecule has 0 fully saturated rings. The van der Waals surface area contributed by atoms with Crippen LogP contribution < -0.4 is 10.1 Å². The van der Waals surface area contributed by atoms with E-state index in [2.05, 4.69) is 5.32 Å². The Labute approximate surface area is 193 Å². The van der Waals surface area contributed by atoms with Crippen LogP contribution in [0.4, 0.5) is 4.79 Å². The van der Waals surface area contributed by atoms with Gasteiger partial charge in [0, 0.05) is 5.70 Å². The summed E-state index contributed by atoms with van der Waals surface area (Å²) < 4.78 is 11.0. The van der Waals surface area contributed by atoms with Gasteiger partial charge >= 0.3 is 12.0 Å². The minimum absolute atomic E-state index is 0.274. The van der Waals surface area contributed by atoms with Gasteiger partial charge < -0.3 is 14.8 Å². The van der Waals surface area contributed by atoms with Crippen LogP contribution >= 0.6 is 0 Å². The highest BCUT2D eigenvalue weighted by Crippen LogP contribution is 2.33. The molecule has 168 valence electrons. The maximum Gasteiger partial charge on any atom is 0.337 e. The molecular weight excluding hydrogens is 416 g/mol. The van der Waals surface area contributed by atoms with Gasteiger partial charge in [-0.15, -0.1) is 0 Å². The molecule has 1 N–H and O–H groups in total. The van der Waals surface area contributed by atoms with E-state index in [-0.39, 0.29) is 6.03 Å². The van der Waals surface area contributed by atoms with Crippen LogP contribution in [0.1, 0.15) is 29.7 Å². The minimum atomic E-state index is -0.641. The molecule has 2 amide bonds. The lowest BCUT2D eigenvalue weighted by Crippen LogP contribution is -2.47. The molecule has 3 aromatic carbocycles. The van der Waals surface area contributed by atoms with Crippen molar-refractivity contribution in [2.24, 2.45) is 0 Å². The number of benzene rings is 3. The van der Waals surface area contributed by atoms with Crippen molar-refractivity contribution in [2.75, 3.05) is 7.11 Å². The summed E-state index contributed by atoms with van der Waals surface area (Å²) in [5.41, 5.74) is 3.72. The van der Waals surface area contributed by atoms with Gasteiger partial charge in [-0.05, 0) is 35.7 Å². The highest BCUT2D eigenvalue weighted by atomic mass is 16.5. The molecule has 0 aromatic heterocycles. The summed E-state index contributed by atoms with van der Waals surface area (Å²) in [7, 11) is 1.34. The molecule has 33 heavy (non-hydrogen) atoms. The highest BCUT2D eigenvalue weighted by Gasteiger charge is 2.36. The number of hydrogen-bond donors (Lipinski definition) is 1. The number of nitrogens with one attached hydrogen (secondary N) is 1. The van der Waals surface area contributed by atoms with Crippen molar-refractivity contribution in [1.82, 2.24) is 10.2 Å². The number of amides is 2. The molecule has 0 aliphatic carbocycles. The van der Waals surface area contributed by atoms with Gasteiger partial charge in [0.05, 0.1) is 25.3 Å². The Hall–Kier alpha value is -4.06. The first-order valence-electron chi connectivity index (χ1n) is 10.7. The summed E-state index contributed by atoms with van der Waals surface area (Å²) in [6, 6.07) is 26.0. The normalized spacial score (nSPS) is 15.8. The molecule has 1 heterocycles. The van der Waals surface area contributed by atoms with Crippen molar-refractivity contribution >= 4 is 12.0 Å². The number of allylic oxidation sites excluding steroid dienone is 1. The molecule has 6 heteroatoms. The lowest BCUT2D eigenvalue weighted by Gasteiger charge is -2.35. The third-order valence-electron chi connectivity index (χ3n) is 5.62. The Balaban J connectivity index is 1.62. The number of methoxy groups -OCH3 is 1. The van der Waals surface area contributed by atoms with Crippen LogP contribution in [-0.2, 0) is 22.7 Å². The van der Waals surface area contributed by atoms with Gasteiger partial charge in [0.1, 0.15) is 12.4 Å². The fourth-order valence-electron chi connectivity index (χ4n) is 3.89. The summed E-state index contributed by atoms with van der Waals surface area (Å²) in [4.78, 5) is 27.4. The fourth-order valence-corrected chi connectivity index (χ4v) is 3.89. The van der Waals surface area contributed by atoms with Crippen molar-refractivity contribution in [3.05, 3.63) is 113 Å². The second-order valence-corrected chi connectivity index (χ2v) is 7.79. The summed E-state index contributed by atoms with van der Waals surface area (Å²) in [6.07, 6.45) is 0. The Bertz CT molecular complexity index is 1160. The number of rotatable bonds is 7. The molecule has 0 bridgehead atoms. The third kappa shape index (κ3) is 5.06. The van der Waals surface area contributed by atoms with Crippen molar-refractivity contribution in [1.29, 1.82) is 0 Å². The van der Waals surface area contributed by atoms with Crippen LogP contribution in [0.5, 0.6) is 5.75 Å². The van der Waals surface area contributed by atoms with Gasteiger partial charge in [0.2, 0.25) is 0 Å². The Morgan fingerprint density at radius 1 is 0.939 bits per heavy atom. The average molecular weight is 443 g/mol. The predicted molar refractivity (Wildman–Crippen MR) is 125 cm³/mol. The Morgan fingerprint density at radius 2 is 1.61 bits per heavy atom. The largest absolute Gasteiger partial charge is 0.489 e. The summed E-state index contributed by atoms with van der Waals surface area (Å²) in [5.74, 6) is 0.172. The Morgan fingerprint density at radius 3 is 2.27 bits per heavy atom. The van der Waals surface area contributed by atoms with Gasteiger partial charge in [-0.1, -0.05) is 72.8 Å². The van der Waals surface area contributed by atoms with Crippen LogP contribution in [-0.4, -0.2) is 24.0 Å². The number of nitrogens with zero attached hydrogens (tertiary/aromatic N) is 1. The van der Waals surface area contributed by atoms with Crippen LogP contribution in [0.3, 0.4) is 0 Å². The maximum atomic E-state index is 13.0. The molecule has 0 saturated heterocycles. The lowest BCUT2D eigenvalue weighted by atomic mass is 9.94. The van der Waals surface area contributed by atoms with E-state index >= 15 is 0 Å². The van der Waals surface area contributed by atoms with E-state index in [1.165, 1.54) is 7.11 Å². The number of urea groups is 1. The van der Waals surface area contributed by atoms with Gasteiger partial charge in [-0.3, -0.25) is 4.90 Å². The first-order chi connectivity index (χ1) is 16.1. The van der Waals surface area contributed by atoms with E-state index in [1.54, 1.807) is 11.8 Å². The molecule has 1 aliphatic rings. The van der Waals surface area contributed by atoms with Gasteiger partial charge in [-0.2, -0.15) is 0 Å².